The fourth-order valence-corrected chi connectivity index (χ4v) is 4.38. The van der Waals surface area contributed by atoms with E-state index in [4.69, 9.17) is 0 Å². The Morgan fingerprint density at radius 1 is 1.00 bits per heavy atom. The molecule has 0 atom stereocenters. The highest BCUT2D eigenvalue weighted by atomic mass is 16.2. The van der Waals surface area contributed by atoms with E-state index >= 15 is 0 Å². The molecule has 2 amide bonds. The Labute approximate surface area is 150 Å². The van der Waals surface area contributed by atoms with Gasteiger partial charge in [-0.05, 0) is 31.7 Å². The van der Waals surface area contributed by atoms with Gasteiger partial charge >= 0.3 is 6.03 Å². The number of hydrogen-bond donors (Lipinski definition) is 1. The lowest BCUT2D eigenvalue weighted by molar-refractivity contribution is 0.187. The van der Waals surface area contributed by atoms with E-state index in [0.29, 0.717) is 0 Å². The molecule has 6 heteroatoms. The number of likely N-dealkylation sites (tertiary alicyclic amines) is 1. The maximum Gasteiger partial charge on any atom is 0.321 e. The van der Waals surface area contributed by atoms with E-state index in [0.717, 1.165) is 69.7 Å². The normalized spacial score (nSPS) is 22.6. The fourth-order valence-electron chi connectivity index (χ4n) is 4.38. The number of rotatable bonds is 3. The number of pyridine rings is 1. The summed E-state index contributed by atoms with van der Waals surface area (Å²) in [5, 5.41) is 3.03. The SMILES string of the molecule is O=C(Nc1ccnc(N2CCN(C3CCCC3)CC2)c1)N1CCCC1. The zero-order chi connectivity index (χ0) is 17.1. The van der Waals surface area contributed by atoms with Crippen LogP contribution >= 0.6 is 0 Å². The summed E-state index contributed by atoms with van der Waals surface area (Å²) in [4.78, 5) is 23.7. The summed E-state index contributed by atoms with van der Waals surface area (Å²) < 4.78 is 0. The van der Waals surface area contributed by atoms with Crippen LogP contribution in [-0.4, -0.2) is 66.1 Å². The van der Waals surface area contributed by atoms with Crippen LogP contribution in [0.5, 0.6) is 0 Å². The van der Waals surface area contributed by atoms with Crippen molar-refractivity contribution < 1.29 is 4.79 Å². The van der Waals surface area contributed by atoms with Crippen molar-refractivity contribution in [2.24, 2.45) is 0 Å². The lowest BCUT2D eigenvalue weighted by Gasteiger charge is -2.38. The van der Waals surface area contributed by atoms with E-state index in [1.807, 2.05) is 17.0 Å². The molecule has 2 aliphatic heterocycles. The molecule has 1 aromatic rings. The molecule has 6 nitrogen and oxygen atoms in total. The molecule has 0 aromatic carbocycles. The van der Waals surface area contributed by atoms with Gasteiger partial charge in [-0.15, -0.1) is 0 Å². The van der Waals surface area contributed by atoms with Crippen molar-refractivity contribution in [1.29, 1.82) is 0 Å². The summed E-state index contributed by atoms with van der Waals surface area (Å²) in [6.07, 6.45) is 9.56. The number of carbonyl (C=O) groups is 1. The standard InChI is InChI=1S/C19H29N5O/c25-19(24-9-3-4-10-24)21-16-7-8-20-18(15-16)23-13-11-22(12-14-23)17-5-1-2-6-17/h7-8,15,17H,1-6,9-14H2,(H,20,21,25). The molecule has 4 rings (SSSR count). The molecule has 0 radical (unpaired) electrons. The number of nitrogens with zero attached hydrogens (tertiary/aromatic N) is 4. The Kier molecular flexibility index (Phi) is 5.06. The van der Waals surface area contributed by atoms with Crippen LogP contribution < -0.4 is 10.2 Å². The Hall–Kier alpha value is -1.82. The smallest absolute Gasteiger partial charge is 0.321 e. The Morgan fingerprint density at radius 2 is 1.72 bits per heavy atom. The minimum Gasteiger partial charge on any atom is -0.354 e. The zero-order valence-electron chi connectivity index (χ0n) is 15.0. The highest BCUT2D eigenvalue weighted by molar-refractivity contribution is 5.89. The summed E-state index contributed by atoms with van der Waals surface area (Å²) in [7, 11) is 0. The van der Waals surface area contributed by atoms with E-state index < -0.39 is 0 Å². The minimum atomic E-state index is 0.0145. The number of carbonyl (C=O) groups excluding carboxylic acids is 1. The van der Waals surface area contributed by atoms with Crippen molar-refractivity contribution in [2.75, 3.05) is 49.5 Å². The van der Waals surface area contributed by atoms with Crippen LogP contribution in [0, 0.1) is 0 Å². The molecule has 3 heterocycles. The summed E-state index contributed by atoms with van der Waals surface area (Å²) in [5.41, 5.74) is 0.847. The van der Waals surface area contributed by atoms with Gasteiger partial charge in [-0.2, -0.15) is 0 Å². The van der Waals surface area contributed by atoms with Crippen molar-refractivity contribution in [3.63, 3.8) is 0 Å². The lowest BCUT2D eigenvalue weighted by Crippen LogP contribution is -2.50. The predicted octanol–water partition coefficient (Wildman–Crippen LogP) is 2.77. The molecule has 2 saturated heterocycles. The predicted molar refractivity (Wildman–Crippen MR) is 100 cm³/mol. The van der Waals surface area contributed by atoms with E-state index in [-0.39, 0.29) is 6.03 Å². The van der Waals surface area contributed by atoms with Gasteiger partial charge in [0, 0.05) is 63.3 Å². The molecule has 3 fully saturated rings. The third kappa shape index (κ3) is 3.89. The lowest BCUT2D eigenvalue weighted by atomic mass is 10.2. The number of urea groups is 1. The van der Waals surface area contributed by atoms with Crippen LogP contribution in [0.25, 0.3) is 0 Å². The first kappa shape index (κ1) is 16.6. The first-order valence-corrected chi connectivity index (χ1v) is 9.80. The third-order valence-electron chi connectivity index (χ3n) is 5.87. The van der Waals surface area contributed by atoms with Crippen molar-refractivity contribution >= 4 is 17.5 Å². The zero-order valence-corrected chi connectivity index (χ0v) is 15.0. The largest absolute Gasteiger partial charge is 0.354 e. The van der Waals surface area contributed by atoms with Gasteiger partial charge in [0.2, 0.25) is 0 Å². The molecule has 0 bridgehead atoms. The average Bonchev–Trinajstić information content (AvgIpc) is 3.36. The monoisotopic (exact) mass is 343 g/mol. The number of aromatic nitrogens is 1. The second-order valence-electron chi connectivity index (χ2n) is 7.49. The summed E-state index contributed by atoms with van der Waals surface area (Å²) in [6, 6.07) is 4.72. The van der Waals surface area contributed by atoms with E-state index in [9.17, 15) is 4.79 Å². The number of anilines is 2. The average molecular weight is 343 g/mol. The molecule has 1 saturated carbocycles. The van der Waals surface area contributed by atoms with Crippen molar-refractivity contribution in [3.8, 4) is 0 Å². The maximum atomic E-state index is 12.3. The second kappa shape index (κ2) is 7.60. The molecule has 1 aromatic heterocycles. The van der Waals surface area contributed by atoms with Crippen LogP contribution in [-0.2, 0) is 0 Å². The van der Waals surface area contributed by atoms with E-state index in [1.165, 1.54) is 25.7 Å². The van der Waals surface area contributed by atoms with Gasteiger partial charge in [-0.1, -0.05) is 12.8 Å². The van der Waals surface area contributed by atoms with Crippen molar-refractivity contribution in [3.05, 3.63) is 18.3 Å². The van der Waals surface area contributed by atoms with Gasteiger partial charge in [0.05, 0.1) is 0 Å². The highest BCUT2D eigenvalue weighted by Gasteiger charge is 2.26. The number of amides is 2. The van der Waals surface area contributed by atoms with Crippen LogP contribution in [0.2, 0.25) is 0 Å². The van der Waals surface area contributed by atoms with E-state index in [1.54, 1.807) is 6.20 Å². The van der Waals surface area contributed by atoms with Crippen LogP contribution in [0.4, 0.5) is 16.3 Å². The second-order valence-corrected chi connectivity index (χ2v) is 7.49. The van der Waals surface area contributed by atoms with Gasteiger partial charge < -0.3 is 15.1 Å². The summed E-state index contributed by atoms with van der Waals surface area (Å²) >= 11 is 0. The number of piperazine rings is 1. The van der Waals surface area contributed by atoms with Gasteiger partial charge in [-0.3, -0.25) is 4.90 Å². The number of nitrogens with one attached hydrogen (secondary N) is 1. The van der Waals surface area contributed by atoms with Crippen LogP contribution in [0.3, 0.4) is 0 Å². The molecule has 25 heavy (non-hydrogen) atoms. The highest BCUT2D eigenvalue weighted by Crippen LogP contribution is 2.26. The summed E-state index contributed by atoms with van der Waals surface area (Å²) in [6.45, 7) is 6.02. The molecule has 1 N–H and O–H groups in total. The molecule has 0 spiro atoms. The van der Waals surface area contributed by atoms with Gasteiger partial charge in [-0.25, -0.2) is 9.78 Å². The third-order valence-corrected chi connectivity index (χ3v) is 5.87. The molecular formula is C19H29N5O. The molecule has 136 valence electrons. The fraction of sp³-hybridized carbons (Fsp3) is 0.684. The maximum absolute atomic E-state index is 12.3. The number of hydrogen-bond acceptors (Lipinski definition) is 4. The van der Waals surface area contributed by atoms with E-state index in [2.05, 4.69) is 20.1 Å². The Balaban J connectivity index is 1.34. The van der Waals surface area contributed by atoms with Crippen molar-refractivity contribution in [1.82, 2.24) is 14.8 Å². The molecule has 0 unspecified atom stereocenters. The molecular weight excluding hydrogens is 314 g/mol. The quantitative estimate of drug-likeness (QED) is 0.917. The van der Waals surface area contributed by atoms with Crippen LogP contribution in [0.1, 0.15) is 38.5 Å². The van der Waals surface area contributed by atoms with Gasteiger partial charge in [0.1, 0.15) is 5.82 Å². The molecule has 3 aliphatic rings. The first-order valence-electron chi connectivity index (χ1n) is 9.80. The van der Waals surface area contributed by atoms with Gasteiger partial charge in [0.15, 0.2) is 0 Å². The summed E-state index contributed by atoms with van der Waals surface area (Å²) in [5.74, 6) is 0.977. The Bertz CT molecular complexity index is 587. The molecule has 1 aliphatic carbocycles. The minimum absolute atomic E-state index is 0.0145. The first-order chi connectivity index (χ1) is 12.3. The topological polar surface area (TPSA) is 51.7 Å². The Morgan fingerprint density at radius 3 is 2.44 bits per heavy atom. The van der Waals surface area contributed by atoms with Crippen molar-refractivity contribution in [2.45, 2.75) is 44.6 Å². The van der Waals surface area contributed by atoms with Crippen LogP contribution in [0.15, 0.2) is 18.3 Å². The van der Waals surface area contributed by atoms with Gasteiger partial charge in [0.25, 0.3) is 0 Å².